The molecule has 2 nitrogen and oxygen atoms in total. The minimum atomic E-state index is -0.496. The van der Waals surface area contributed by atoms with Crippen molar-refractivity contribution in [1.82, 2.24) is 0 Å². The molecule has 3 rings (SSSR count). The van der Waals surface area contributed by atoms with E-state index < -0.39 is 6.10 Å². The van der Waals surface area contributed by atoms with Crippen molar-refractivity contribution in [3.63, 3.8) is 0 Å². The van der Waals surface area contributed by atoms with Crippen LogP contribution < -0.4 is 4.90 Å². The third-order valence-corrected chi connectivity index (χ3v) is 4.23. The molecule has 3 heteroatoms. The van der Waals surface area contributed by atoms with Crippen LogP contribution in [0.1, 0.15) is 24.2 Å². The summed E-state index contributed by atoms with van der Waals surface area (Å²) in [4.78, 5) is 2.18. The first-order chi connectivity index (χ1) is 10.1. The van der Waals surface area contributed by atoms with Gasteiger partial charge in [-0.25, -0.2) is 4.39 Å². The smallest absolute Gasteiger partial charge is 0.125 e. The lowest BCUT2D eigenvalue weighted by Crippen LogP contribution is -2.29. The molecule has 2 unspecified atom stereocenters. The number of hydrogen-bond donors (Lipinski definition) is 1. The van der Waals surface area contributed by atoms with Crippen LogP contribution >= 0.6 is 0 Å². The average Bonchev–Trinajstić information content (AvgIpc) is 2.89. The molecule has 1 aliphatic heterocycles. The van der Waals surface area contributed by atoms with Gasteiger partial charge in [-0.05, 0) is 29.7 Å². The standard InChI is InChI=1S/C18H20FNO/c1-13(18(21)15-5-3-2-4-6-15)12-20-10-9-14-7-8-16(19)11-17(14)20/h2-8,11,13,18,21H,9-10,12H2,1H3. The maximum absolute atomic E-state index is 13.4. The van der Waals surface area contributed by atoms with E-state index in [9.17, 15) is 9.50 Å². The highest BCUT2D eigenvalue weighted by Crippen LogP contribution is 2.31. The lowest BCUT2D eigenvalue weighted by atomic mass is 9.97. The van der Waals surface area contributed by atoms with E-state index in [2.05, 4.69) is 4.90 Å². The van der Waals surface area contributed by atoms with Gasteiger partial charge in [-0.15, -0.1) is 0 Å². The van der Waals surface area contributed by atoms with Gasteiger partial charge in [0, 0.05) is 24.7 Å². The molecule has 0 saturated carbocycles. The molecule has 110 valence electrons. The van der Waals surface area contributed by atoms with Crippen LogP contribution in [-0.2, 0) is 6.42 Å². The van der Waals surface area contributed by atoms with Crippen molar-refractivity contribution in [1.29, 1.82) is 0 Å². The average molecular weight is 285 g/mol. The summed E-state index contributed by atoms with van der Waals surface area (Å²) in [6, 6.07) is 14.7. The van der Waals surface area contributed by atoms with Gasteiger partial charge in [-0.3, -0.25) is 0 Å². The molecule has 0 amide bonds. The Morgan fingerprint density at radius 2 is 1.95 bits per heavy atom. The van der Waals surface area contributed by atoms with Crippen LogP contribution in [0.25, 0.3) is 0 Å². The molecular formula is C18H20FNO. The topological polar surface area (TPSA) is 23.5 Å². The second-order valence-corrected chi connectivity index (χ2v) is 5.80. The fourth-order valence-electron chi connectivity index (χ4n) is 3.03. The van der Waals surface area contributed by atoms with Crippen molar-refractivity contribution < 1.29 is 9.50 Å². The summed E-state index contributed by atoms with van der Waals surface area (Å²) in [6.07, 6.45) is 0.452. The summed E-state index contributed by atoms with van der Waals surface area (Å²) in [6.45, 7) is 3.66. The van der Waals surface area contributed by atoms with Crippen molar-refractivity contribution in [2.75, 3.05) is 18.0 Å². The minimum absolute atomic E-state index is 0.0848. The van der Waals surface area contributed by atoms with Gasteiger partial charge >= 0.3 is 0 Å². The number of aliphatic hydroxyl groups excluding tert-OH is 1. The van der Waals surface area contributed by atoms with Crippen molar-refractivity contribution in [2.45, 2.75) is 19.4 Å². The van der Waals surface area contributed by atoms with Gasteiger partial charge in [0.2, 0.25) is 0 Å². The van der Waals surface area contributed by atoms with Crippen molar-refractivity contribution >= 4 is 5.69 Å². The van der Waals surface area contributed by atoms with Crippen LogP contribution in [0, 0.1) is 11.7 Å². The van der Waals surface area contributed by atoms with E-state index in [4.69, 9.17) is 0 Å². The Balaban J connectivity index is 1.72. The lowest BCUT2D eigenvalue weighted by molar-refractivity contribution is 0.120. The molecule has 1 aliphatic rings. The molecule has 0 aromatic heterocycles. The predicted octanol–water partition coefficient (Wildman–Crippen LogP) is 3.56. The van der Waals surface area contributed by atoms with Crippen LogP contribution in [0.4, 0.5) is 10.1 Å². The lowest BCUT2D eigenvalue weighted by Gasteiger charge is -2.27. The van der Waals surface area contributed by atoms with Gasteiger partial charge in [0.25, 0.3) is 0 Å². The quantitative estimate of drug-likeness (QED) is 0.928. The van der Waals surface area contributed by atoms with Crippen LogP contribution in [0.5, 0.6) is 0 Å². The summed E-state index contributed by atoms with van der Waals surface area (Å²) in [5, 5.41) is 10.5. The highest BCUT2D eigenvalue weighted by Gasteiger charge is 2.24. The number of hydrogen-bond acceptors (Lipinski definition) is 2. The molecule has 2 aromatic carbocycles. The van der Waals surface area contributed by atoms with E-state index in [0.717, 1.165) is 30.8 Å². The second-order valence-electron chi connectivity index (χ2n) is 5.80. The fourth-order valence-corrected chi connectivity index (χ4v) is 3.03. The van der Waals surface area contributed by atoms with Crippen LogP contribution in [0.2, 0.25) is 0 Å². The number of benzene rings is 2. The molecular weight excluding hydrogens is 265 g/mol. The molecule has 0 aliphatic carbocycles. The molecule has 0 radical (unpaired) electrons. The maximum Gasteiger partial charge on any atom is 0.125 e. The largest absolute Gasteiger partial charge is 0.388 e. The van der Waals surface area contributed by atoms with Gasteiger partial charge < -0.3 is 10.0 Å². The number of anilines is 1. The van der Waals surface area contributed by atoms with E-state index >= 15 is 0 Å². The first kappa shape index (κ1) is 14.1. The third kappa shape index (κ3) is 2.93. The number of fused-ring (bicyclic) bond motifs is 1. The Hall–Kier alpha value is -1.87. The van der Waals surface area contributed by atoms with Gasteiger partial charge in [0.05, 0.1) is 6.10 Å². The van der Waals surface area contributed by atoms with E-state index in [-0.39, 0.29) is 11.7 Å². The normalized spacial score (nSPS) is 16.6. The molecule has 0 fully saturated rings. The van der Waals surface area contributed by atoms with Gasteiger partial charge in [0.15, 0.2) is 0 Å². The van der Waals surface area contributed by atoms with Gasteiger partial charge in [-0.1, -0.05) is 43.3 Å². The summed E-state index contributed by atoms with van der Waals surface area (Å²) >= 11 is 0. The Bertz CT molecular complexity index is 614. The molecule has 2 atom stereocenters. The Kier molecular flexibility index (Phi) is 3.93. The van der Waals surface area contributed by atoms with E-state index in [1.54, 1.807) is 6.07 Å². The molecule has 0 saturated heterocycles. The maximum atomic E-state index is 13.4. The zero-order chi connectivity index (χ0) is 14.8. The van der Waals surface area contributed by atoms with Crippen LogP contribution in [0.15, 0.2) is 48.5 Å². The van der Waals surface area contributed by atoms with E-state index in [1.165, 1.54) is 11.6 Å². The Morgan fingerprint density at radius 3 is 2.71 bits per heavy atom. The van der Waals surface area contributed by atoms with Gasteiger partial charge in [-0.2, -0.15) is 0 Å². The van der Waals surface area contributed by atoms with Crippen LogP contribution in [0.3, 0.4) is 0 Å². The summed E-state index contributed by atoms with van der Waals surface area (Å²) < 4.78 is 13.4. The molecule has 1 heterocycles. The summed E-state index contributed by atoms with van der Waals surface area (Å²) in [5.74, 6) is -0.112. The Morgan fingerprint density at radius 1 is 1.19 bits per heavy atom. The zero-order valence-corrected chi connectivity index (χ0v) is 12.2. The van der Waals surface area contributed by atoms with Gasteiger partial charge in [0.1, 0.15) is 5.82 Å². The first-order valence-electron chi connectivity index (χ1n) is 7.41. The number of halogens is 1. The fraction of sp³-hybridized carbons (Fsp3) is 0.333. The monoisotopic (exact) mass is 285 g/mol. The van der Waals surface area contributed by atoms with Crippen molar-refractivity contribution in [3.05, 3.63) is 65.5 Å². The molecule has 0 bridgehead atoms. The van der Waals surface area contributed by atoms with E-state index in [1.807, 2.05) is 43.3 Å². The van der Waals surface area contributed by atoms with Crippen molar-refractivity contribution in [3.8, 4) is 0 Å². The van der Waals surface area contributed by atoms with Crippen LogP contribution in [-0.4, -0.2) is 18.2 Å². The highest BCUT2D eigenvalue weighted by atomic mass is 19.1. The first-order valence-corrected chi connectivity index (χ1v) is 7.41. The predicted molar refractivity (Wildman–Crippen MR) is 82.9 cm³/mol. The SMILES string of the molecule is CC(CN1CCc2ccc(F)cc21)C(O)c1ccccc1. The summed E-state index contributed by atoms with van der Waals surface area (Å²) in [7, 11) is 0. The second kappa shape index (κ2) is 5.86. The Labute approximate surface area is 124 Å². The molecule has 21 heavy (non-hydrogen) atoms. The van der Waals surface area contributed by atoms with E-state index in [0.29, 0.717) is 0 Å². The number of nitrogens with zero attached hydrogens (tertiary/aromatic N) is 1. The molecule has 2 aromatic rings. The zero-order valence-electron chi connectivity index (χ0n) is 12.2. The number of aliphatic hydroxyl groups is 1. The molecule has 1 N–H and O–H groups in total. The molecule has 0 spiro atoms. The minimum Gasteiger partial charge on any atom is -0.388 e. The summed E-state index contributed by atoms with van der Waals surface area (Å²) in [5.41, 5.74) is 3.10. The number of rotatable bonds is 4. The highest BCUT2D eigenvalue weighted by molar-refractivity contribution is 5.58. The third-order valence-electron chi connectivity index (χ3n) is 4.23. The van der Waals surface area contributed by atoms with Crippen molar-refractivity contribution in [2.24, 2.45) is 5.92 Å².